The van der Waals surface area contributed by atoms with Crippen LogP contribution in [0.4, 0.5) is 0 Å². The minimum Gasteiger partial charge on any atom is -0.343 e. The highest BCUT2D eigenvalue weighted by Gasteiger charge is 2.32. The van der Waals surface area contributed by atoms with Crippen LogP contribution < -0.4 is 5.32 Å². The Morgan fingerprint density at radius 3 is 2.60 bits per heavy atom. The summed E-state index contributed by atoms with van der Waals surface area (Å²) in [5, 5.41) is 3.15. The molecule has 0 saturated carbocycles. The van der Waals surface area contributed by atoms with Gasteiger partial charge < -0.3 is 10.2 Å². The quantitative estimate of drug-likeness (QED) is 0.509. The Morgan fingerprint density at radius 2 is 2.20 bits per heavy atom. The van der Waals surface area contributed by atoms with Crippen molar-refractivity contribution in [2.45, 2.75) is 19.4 Å². The van der Waals surface area contributed by atoms with Crippen LogP contribution in [0.5, 0.6) is 0 Å². The molecule has 0 unspecified atom stereocenters. The Labute approximate surface area is 61.4 Å². The van der Waals surface area contributed by atoms with Gasteiger partial charge in [-0.25, -0.2) is 0 Å². The average Bonchev–Trinajstić information content (AvgIpc) is 1.83. The van der Waals surface area contributed by atoms with Gasteiger partial charge in [-0.15, -0.1) is 0 Å². The summed E-state index contributed by atoms with van der Waals surface area (Å²) < 4.78 is 0. The highest BCUT2D eigenvalue weighted by molar-refractivity contribution is 5.85. The molecule has 1 rings (SSSR count). The average molecular weight is 142 g/mol. The summed E-state index contributed by atoms with van der Waals surface area (Å²) in [6, 6.07) is 0. The summed E-state index contributed by atoms with van der Waals surface area (Å²) in [5.41, 5.74) is -0.354. The van der Waals surface area contributed by atoms with Crippen LogP contribution >= 0.6 is 0 Å². The normalized spacial score (nSPS) is 25.1. The maximum absolute atomic E-state index is 11.3. The van der Waals surface area contributed by atoms with E-state index in [2.05, 4.69) is 5.32 Å². The van der Waals surface area contributed by atoms with Crippen LogP contribution in [-0.4, -0.2) is 36.5 Å². The molecule has 1 heterocycles. The first-order valence-electron chi connectivity index (χ1n) is 3.54. The predicted molar refractivity (Wildman–Crippen MR) is 39.7 cm³/mol. The lowest BCUT2D eigenvalue weighted by Gasteiger charge is -2.35. The number of nitrogens with zero attached hydrogens (tertiary/aromatic N) is 1. The van der Waals surface area contributed by atoms with Crippen LogP contribution in [0, 0.1) is 0 Å². The van der Waals surface area contributed by atoms with Gasteiger partial charge in [0.15, 0.2) is 0 Å². The molecule has 1 N–H and O–H groups in total. The molecule has 1 aliphatic rings. The van der Waals surface area contributed by atoms with E-state index in [0.717, 1.165) is 13.1 Å². The number of carbonyl (C=O) groups is 1. The molecule has 10 heavy (non-hydrogen) atoms. The molecule has 0 atom stereocenters. The predicted octanol–water partition coefficient (Wildman–Crippen LogP) is -0.173. The van der Waals surface area contributed by atoms with Gasteiger partial charge in [-0.3, -0.25) is 4.79 Å². The Balaban J connectivity index is 2.70. The second-order valence-corrected chi connectivity index (χ2v) is 3.28. The molecule has 1 fully saturated rings. The van der Waals surface area contributed by atoms with Gasteiger partial charge in [-0.1, -0.05) is 0 Å². The zero-order valence-corrected chi connectivity index (χ0v) is 6.77. The lowest BCUT2D eigenvalue weighted by Crippen LogP contribution is -2.59. The van der Waals surface area contributed by atoms with Crippen molar-refractivity contribution in [2.75, 3.05) is 20.1 Å². The minimum absolute atomic E-state index is 0.179. The van der Waals surface area contributed by atoms with Gasteiger partial charge in [0, 0.05) is 20.1 Å². The van der Waals surface area contributed by atoms with E-state index in [1.807, 2.05) is 20.9 Å². The van der Waals surface area contributed by atoms with E-state index in [4.69, 9.17) is 0 Å². The molecule has 0 aliphatic carbocycles. The molecule has 58 valence electrons. The first kappa shape index (κ1) is 7.54. The summed E-state index contributed by atoms with van der Waals surface area (Å²) in [5.74, 6) is 0.179. The van der Waals surface area contributed by atoms with Gasteiger partial charge in [0.1, 0.15) is 0 Å². The van der Waals surface area contributed by atoms with Crippen LogP contribution in [0.3, 0.4) is 0 Å². The van der Waals surface area contributed by atoms with Gasteiger partial charge in [-0.2, -0.15) is 0 Å². The molecular formula is C7H14N2O. The fourth-order valence-electron chi connectivity index (χ4n) is 1.19. The molecule has 0 aromatic rings. The van der Waals surface area contributed by atoms with Crippen LogP contribution in [0.25, 0.3) is 0 Å². The van der Waals surface area contributed by atoms with Crippen molar-refractivity contribution in [1.82, 2.24) is 10.2 Å². The third-order valence-corrected chi connectivity index (χ3v) is 1.90. The molecule has 0 spiro atoms. The van der Waals surface area contributed by atoms with E-state index in [1.165, 1.54) is 0 Å². The van der Waals surface area contributed by atoms with Crippen molar-refractivity contribution < 1.29 is 4.79 Å². The monoisotopic (exact) mass is 142 g/mol. The lowest BCUT2D eigenvalue weighted by atomic mass is 10.0. The van der Waals surface area contributed by atoms with Gasteiger partial charge in [0.25, 0.3) is 0 Å². The second kappa shape index (κ2) is 2.23. The van der Waals surface area contributed by atoms with Gasteiger partial charge in [0.05, 0.1) is 5.54 Å². The molecule has 3 nitrogen and oxygen atoms in total. The van der Waals surface area contributed by atoms with Crippen LogP contribution in [0.2, 0.25) is 0 Å². The van der Waals surface area contributed by atoms with Crippen molar-refractivity contribution in [3.05, 3.63) is 0 Å². The third kappa shape index (κ3) is 1.14. The minimum atomic E-state index is -0.354. The standard InChI is InChI=1S/C7H14N2O/c1-7(2)6(10)9(3)5-4-8-7/h8H,4-5H2,1-3H3. The lowest BCUT2D eigenvalue weighted by molar-refractivity contribution is -0.138. The van der Waals surface area contributed by atoms with E-state index in [1.54, 1.807) is 4.90 Å². The van der Waals surface area contributed by atoms with Crippen molar-refractivity contribution in [2.24, 2.45) is 0 Å². The summed E-state index contributed by atoms with van der Waals surface area (Å²) in [7, 11) is 1.84. The smallest absolute Gasteiger partial charge is 0.242 e. The highest BCUT2D eigenvalue weighted by atomic mass is 16.2. The molecule has 3 heteroatoms. The first-order chi connectivity index (χ1) is 4.54. The number of amides is 1. The summed E-state index contributed by atoms with van der Waals surface area (Å²) in [6.07, 6.45) is 0. The van der Waals surface area contributed by atoms with Crippen molar-refractivity contribution in [1.29, 1.82) is 0 Å². The maximum atomic E-state index is 11.3. The zero-order chi connectivity index (χ0) is 7.78. The van der Waals surface area contributed by atoms with E-state index < -0.39 is 0 Å². The third-order valence-electron chi connectivity index (χ3n) is 1.90. The number of nitrogens with one attached hydrogen (secondary N) is 1. The Bertz CT molecular complexity index is 154. The second-order valence-electron chi connectivity index (χ2n) is 3.28. The van der Waals surface area contributed by atoms with Gasteiger partial charge in [0.2, 0.25) is 5.91 Å². The van der Waals surface area contributed by atoms with E-state index in [9.17, 15) is 4.79 Å². The van der Waals surface area contributed by atoms with Crippen LogP contribution in [-0.2, 0) is 4.79 Å². The van der Waals surface area contributed by atoms with Crippen molar-refractivity contribution in [3.8, 4) is 0 Å². The number of piperazine rings is 1. The number of hydrogen-bond donors (Lipinski definition) is 1. The van der Waals surface area contributed by atoms with E-state index in [-0.39, 0.29) is 11.4 Å². The molecule has 1 amide bonds. The number of likely N-dealkylation sites (N-methyl/N-ethyl adjacent to an activating group) is 1. The number of rotatable bonds is 0. The Morgan fingerprint density at radius 1 is 1.60 bits per heavy atom. The SMILES string of the molecule is CN1CCNC(C)(C)C1=O. The van der Waals surface area contributed by atoms with Gasteiger partial charge >= 0.3 is 0 Å². The van der Waals surface area contributed by atoms with Crippen molar-refractivity contribution in [3.63, 3.8) is 0 Å². The largest absolute Gasteiger partial charge is 0.343 e. The fourth-order valence-corrected chi connectivity index (χ4v) is 1.19. The molecule has 1 aliphatic heterocycles. The van der Waals surface area contributed by atoms with Crippen LogP contribution in [0.15, 0.2) is 0 Å². The van der Waals surface area contributed by atoms with E-state index >= 15 is 0 Å². The topological polar surface area (TPSA) is 32.3 Å². The zero-order valence-electron chi connectivity index (χ0n) is 6.77. The first-order valence-corrected chi connectivity index (χ1v) is 3.54. The number of carbonyl (C=O) groups excluding carboxylic acids is 1. The summed E-state index contributed by atoms with van der Waals surface area (Å²) in [6.45, 7) is 5.54. The van der Waals surface area contributed by atoms with Crippen LogP contribution in [0.1, 0.15) is 13.8 Å². The molecule has 0 bridgehead atoms. The Hall–Kier alpha value is -0.570. The molecule has 1 saturated heterocycles. The molecular weight excluding hydrogens is 128 g/mol. The molecule has 0 aromatic carbocycles. The highest BCUT2D eigenvalue weighted by Crippen LogP contribution is 2.09. The summed E-state index contributed by atoms with van der Waals surface area (Å²) >= 11 is 0. The molecule has 0 aromatic heterocycles. The summed E-state index contributed by atoms with van der Waals surface area (Å²) in [4.78, 5) is 13.1. The fraction of sp³-hybridized carbons (Fsp3) is 0.857. The Kier molecular flexibility index (Phi) is 1.68. The van der Waals surface area contributed by atoms with Gasteiger partial charge in [-0.05, 0) is 13.8 Å². The van der Waals surface area contributed by atoms with E-state index in [0.29, 0.717) is 0 Å². The van der Waals surface area contributed by atoms with Crippen molar-refractivity contribution >= 4 is 5.91 Å². The molecule has 0 radical (unpaired) electrons. The maximum Gasteiger partial charge on any atom is 0.242 e. The number of hydrogen-bond acceptors (Lipinski definition) is 2.